The number of amides is 2. The van der Waals surface area contributed by atoms with E-state index in [4.69, 9.17) is 4.74 Å². The average molecular weight is 425 g/mol. The molecule has 1 atom stereocenters. The van der Waals surface area contributed by atoms with Crippen LogP contribution in [0.3, 0.4) is 0 Å². The molecule has 2 aromatic rings. The molecule has 2 aliphatic heterocycles. The van der Waals surface area contributed by atoms with Gasteiger partial charge in [-0.15, -0.1) is 0 Å². The molecule has 2 saturated heterocycles. The van der Waals surface area contributed by atoms with Crippen molar-refractivity contribution in [3.8, 4) is 0 Å². The van der Waals surface area contributed by atoms with Gasteiger partial charge in [0.1, 0.15) is 17.5 Å². The first-order chi connectivity index (χ1) is 15.1. The van der Waals surface area contributed by atoms with E-state index in [-0.39, 0.29) is 24.2 Å². The number of hydrogen-bond acceptors (Lipinski definition) is 7. The molecule has 9 heteroatoms. The van der Waals surface area contributed by atoms with E-state index in [2.05, 4.69) is 25.5 Å². The fourth-order valence-electron chi connectivity index (χ4n) is 3.86. The second-order valence-corrected chi connectivity index (χ2v) is 7.72. The maximum absolute atomic E-state index is 12.5. The Hall–Kier alpha value is -3.20. The summed E-state index contributed by atoms with van der Waals surface area (Å²) in [7, 11) is 0. The van der Waals surface area contributed by atoms with E-state index in [0.717, 1.165) is 30.4 Å². The third kappa shape index (κ3) is 5.29. The maximum atomic E-state index is 12.5. The van der Waals surface area contributed by atoms with Crippen molar-refractivity contribution >= 4 is 29.1 Å². The number of anilines is 3. The van der Waals surface area contributed by atoms with Crippen molar-refractivity contribution in [2.75, 3.05) is 61.1 Å². The summed E-state index contributed by atoms with van der Waals surface area (Å²) in [6, 6.07) is 11.4. The van der Waals surface area contributed by atoms with Crippen LogP contribution in [0, 0.1) is 12.8 Å². The Labute approximate surface area is 181 Å². The molecule has 164 valence electrons. The summed E-state index contributed by atoms with van der Waals surface area (Å²) in [5.41, 5.74) is 0.833. The first kappa shape index (κ1) is 21.0. The molecule has 0 bridgehead atoms. The Balaban J connectivity index is 1.25. The highest BCUT2D eigenvalue weighted by molar-refractivity contribution is 6.00. The van der Waals surface area contributed by atoms with Gasteiger partial charge >= 0.3 is 0 Å². The summed E-state index contributed by atoms with van der Waals surface area (Å²) in [6.45, 7) is 6.28. The van der Waals surface area contributed by atoms with E-state index in [9.17, 15) is 9.59 Å². The van der Waals surface area contributed by atoms with Gasteiger partial charge in [0.05, 0.1) is 19.1 Å². The number of nitrogens with one attached hydrogen (secondary N) is 2. The Morgan fingerprint density at radius 3 is 2.71 bits per heavy atom. The molecule has 1 aromatic heterocycles. The highest BCUT2D eigenvalue weighted by Crippen LogP contribution is 2.24. The lowest BCUT2D eigenvalue weighted by atomic mass is 10.1. The third-order valence-electron chi connectivity index (χ3n) is 5.45. The standard InChI is InChI=1S/C22H28N6O3/c1-16-25-19(14-20(26-16)27-9-11-31-12-10-27)23-7-8-24-22(30)17-13-21(29)28(15-17)18-5-3-2-4-6-18/h2-6,14,17H,7-13,15H2,1H3,(H,24,30)(H,23,25,26). The quantitative estimate of drug-likeness (QED) is 0.645. The van der Waals surface area contributed by atoms with Gasteiger partial charge in [-0.05, 0) is 19.1 Å². The first-order valence-electron chi connectivity index (χ1n) is 10.7. The predicted molar refractivity (Wildman–Crippen MR) is 118 cm³/mol. The van der Waals surface area contributed by atoms with E-state index < -0.39 is 0 Å². The molecule has 0 saturated carbocycles. The minimum atomic E-state index is -0.332. The van der Waals surface area contributed by atoms with Crippen molar-refractivity contribution in [1.29, 1.82) is 0 Å². The fraction of sp³-hybridized carbons (Fsp3) is 0.455. The zero-order chi connectivity index (χ0) is 21.6. The van der Waals surface area contributed by atoms with Crippen LogP contribution in [0.5, 0.6) is 0 Å². The lowest BCUT2D eigenvalue weighted by Gasteiger charge is -2.28. The normalized spacial score (nSPS) is 18.9. The zero-order valence-corrected chi connectivity index (χ0v) is 17.7. The number of morpholine rings is 1. The summed E-state index contributed by atoms with van der Waals surface area (Å²) in [5.74, 6) is 1.86. The van der Waals surface area contributed by atoms with Gasteiger partial charge in [0, 0.05) is 50.9 Å². The van der Waals surface area contributed by atoms with Crippen molar-refractivity contribution in [1.82, 2.24) is 15.3 Å². The van der Waals surface area contributed by atoms with Gasteiger partial charge in [0.15, 0.2) is 0 Å². The minimum Gasteiger partial charge on any atom is -0.378 e. The van der Waals surface area contributed by atoms with E-state index >= 15 is 0 Å². The molecular weight excluding hydrogens is 396 g/mol. The van der Waals surface area contributed by atoms with Gasteiger partial charge in [-0.1, -0.05) is 18.2 Å². The number of para-hydroxylation sites is 1. The smallest absolute Gasteiger partial charge is 0.227 e. The van der Waals surface area contributed by atoms with E-state index in [1.54, 1.807) is 4.90 Å². The van der Waals surface area contributed by atoms with Gasteiger partial charge in [-0.25, -0.2) is 9.97 Å². The lowest BCUT2D eigenvalue weighted by molar-refractivity contribution is -0.126. The number of hydrogen-bond donors (Lipinski definition) is 2. The van der Waals surface area contributed by atoms with Gasteiger partial charge in [0.25, 0.3) is 0 Å². The summed E-state index contributed by atoms with van der Waals surface area (Å²) < 4.78 is 5.40. The van der Waals surface area contributed by atoms with E-state index in [0.29, 0.717) is 38.7 Å². The molecule has 3 heterocycles. The minimum absolute atomic E-state index is 0.0171. The number of rotatable bonds is 7. The number of benzene rings is 1. The van der Waals surface area contributed by atoms with Crippen LogP contribution in [0.15, 0.2) is 36.4 Å². The van der Waals surface area contributed by atoms with Crippen molar-refractivity contribution < 1.29 is 14.3 Å². The summed E-state index contributed by atoms with van der Waals surface area (Å²) >= 11 is 0. The van der Waals surface area contributed by atoms with Crippen LogP contribution >= 0.6 is 0 Å². The molecule has 4 rings (SSSR count). The summed E-state index contributed by atoms with van der Waals surface area (Å²) in [4.78, 5) is 37.6. The van der Waals surface area contributed by atoms with Crippen LogP contribution in [-0.2, 0) is 14.3 Å². The largest absolute Gasteiger partial charge is 0.378 e. The van der Waals surface area contributed by atoms with Gasteiger partial charge in [-0.2, -0.15) is 0 Å². The van der Waals surface area contributed by atoms with Crippen LogP contribution in [0.25, 0.3) is 0 Å². The monoisotopic (exact) mass is 424 g/mol. The molecule has 1 unspecified atom stereocenters. The SMILES string of the molecule is Cc1nc(NCCNC(=O)C2CC(=O)N(c3ccccc3)C2)cc(N2CCOCC2)n1. The Morgan fingerprint density at radius 2 is 1.94 bits per heavy atom. The topological polar surface area (TPSA) is 99.7 Å². The zero-order valence-electron chi connectivity index (χ0n) is 17.7. The Kier molecular flexibility index (Phi) is 6.61. The highest BCUT2D eigenvalue weighted by atomic mass is 16.5. The highest BCUT2D eigenvalue weighted by Gasteiger charge is 2.34. The van der Waals surface area contributed by atoms with Crippen LogP contribution in [0.4, 0.5) is 17.3 Å². The molecule has 2 fully saturated rings. The molecule has 0 radical (unpaired) electrons. The molecule has 2 N–H and O–H groups in total. The van der Waals surface area contributed by atoms with Crippen molar-refractivity contribution in [3.05, 3.63) is 42.2 Å². The van der Waals surface area contributed by atoms with Crippen LogP contribution in [-0.4, -0.2) is 67.7 Å². The Morgan fingerprint density at radius 1 is 1.16 bits per heavy atom. The number of nitrogens with zero attached hydrogens (tertiary/aromatic N) is 4. The lowest BCUT2D eigenvalue weighted by Crippen LogP contribution is -2.37. The summed E-state index contributed by atoms with van der Waals surface area (Å²) in [5, 5.41) is 6.18. The molecule has 0 aliphatic carbocycles. The van der Waals surface area contributed by atoms with Crippen molar-refractivity contribution in [3.63, 3.8) is 0 Å². The molecule has 31 heavy (non-hydrogen) atoms. The van der Waals surface area contributed by atoms with Gasteiger partial charge in [-0.3, -0.25) is 9.59 Å². The van der Waals surface area contributed by atoms with Crippen LogP contribution < -0.4 is 20.4 Å². The molecule has 9 nitrogen and oxygen atoms in total. The first-order valence-corrected chi connectivity index (χ1v) is 10.7. The van der Waals surface area contributed by atoms with Crippen LogP contribution in [0.1, 0.15) is 12.2 Å². The fourth-order valence-corrected chi connectivity index (χ4v) is 3.86. The number of aromatic nitrogens is 2. The second-order valence-electron chi connectivity index (χ2n) is 7.72. The van der Waals surface area contributed by atoms with E-state index in [1.807, 2.05) is 43.3 Å². The maximum Gasteiger partial charge on any atom is 0.227 e. The average Bonchev–Trinajstić information content (AvgIpc) is 3.19. The number of aryl methyl sites for hydroxylation is 1. The van der Waals surface area contributed by atoms with Gasteiger partial charge in [0.2, 0.25) is 11.8 Å². The van der Waals surface area contributed by atoms with Crippen molar-refractivity contribution in [2.45, 2.75) is 13.3 Å². The molecular formula is C22H28N6O3. The molecule has 0 spiro atoms. The molecule has 2 aliphatic rings. The second kappa shape index (κ2) is 9.74. The molecule has 1 aromatic carbocycles. The van der Waals surface area contributed by atoms with Crippen LogP contribution in [0.2, 0.25) is 0 Å². The summed E-state index contributed by atoms with van der Waals surface area (Å²) in [6.07, 6.45) is 0.238. The number of carbonyl (C=O) groups excluding carboxylic acids is 2. The Bertz CT molecular complexity index is 917. The van der Waals surface area contributed by atoms with Gasteiger partial charge < -0.3 is 25.2 Å². The number of carbonyl (C=O) groups is 2. The molecule has 2 amide bonds. The predicted octanol–water partition coefficient (Wildman–Crippen LogP) is 1.20. The number of ether oxygens (including phenoxy) is 1. The third-order valence-corrected chi connectivity index (χ3v) is 5.45. The van der Waals surface area contributed by atoms with E-state index in [1.165, 1.54) is 0 Å². The van der Waals surface area contributed by atoms with Crippen molar-refractivity contribution in [2.24, 2.45) is 5.92 Å².